The highest BCUT2D eigenvalue weighted by Gasteiger charge is 2.32. The molecule has 0 saturated carbocycles. The molecule has 0 bridgehead atoms. The van der Waals surface area contributed by atoms with E-state index in [2.05, 4.69) is 15.5 Å². The number of aliphatic hydroxyl groups is 1. The smallest absolute Gasteiger partial charge is 0.261 e. The number of benzene rings is 2. The van der Waals surface area contributed by atoms with Gasteiger partial charge in [0.1, 0.15) is 5.01 Å². The van der Waals surface area contributed by atoms with Gasteiger partial charge in [-0.3, -0.25) is 19.9 Å². The zero-order valence-corrected chi connectivity index (χ0v) is 14.4. The number of nitrogens with one attached hydrogen (secondary N) is 1. The Morgan fingerprint density at radius 2 is 2.00 bits per heavy atom. The summed E-state index contributed by atoms with van der Waals surface area (Å²) < 4.78 is 0. The third-order valence-corrected chi connectivity index (χ3v) is 4.84. The van der Waals surface area contributed by atoms with E-state index in [0.717, 1.165) is 15.3 Å². The molecule has 1 aliphatic heterocycles. The Labute approximate surface area is 152 Å². The predicted octanol–water partition coefficient (Wildman–Crippen LogP) is 2.33. The summed E-state index contributed by atoms with van der Waals surface area (Å²) in [6, 6.07) is 8.72. The van der Waals surface area contributed by atoms with Gasteiger partial charge in [0.25, 0.3) is 11.8 Å². The van der Waals surface area contributed by atoms with E-state index >= 15 is 0 Å². The first-order valence-corrected chi connectivity index (χ1v) is 8.80. The minimum Gasteiger partial charge on any atom is -0.395 e. The molecule has 2 heterocycles. The number of hydrogen-bond donors (Lipinski definition) is 2. The number of hydrogen-bond acceptors (Lipinski definition) is 7. The lowest BCUT2D eigenvalue weighted by Crippen LogP contribution is -2.41. The number of amides is 2. The van der Waals surface area contributed by atoms with Crippen molar-refractivity contribution in [1.29, 1.82) is 0 Å². The summed E-state index contributed by atoms with van der Waals surface area (Å²) in [5, 5.41) is 17.3. The summed E-state index contributed by atoms with van der Waals surface area (Å²) in [5.74, 6) is -0.795. The molecule has 26 heavy (non-hydrogen) atoms. The number of carbonyl (C=O) groups excluding carboxylic acids is 2. The fourth-order valence-corrected chi connectivity index (χ4v) is 3.50. The highest BCUT2D eigenvalue weighted by molar-refractivity contribution is 7.11. The van der Waals surface area contributed by atoms with Gasteiger partial charge in [-0.15, -0.1) is 11.3 Å². The van der Waals surface area contributed by atoms with Gasteiger partial charge in [0.2, 0.25) is 0 Å². The second-order valence-electron chi connectivity index (χ2n) is 5.61. The molecule has 0 radical (unpaired) electrons. The summed E-state index contributed by atoms with van der Waals surface area (Å²) in [6.07, 6.45) is 3.31. The van der Waals surface area contributed by atoms with Crippen LogP contribution in [0.3, 0.4) is 0 Å². The van der Waals surface area contributed by atoms with E-state index in [1.807, 2.05) is 11.4 Å². The number of nitrogens with zero attached hydrogens (tertiary/aromatic N) is 3. The van der Waals surface area contributed by atoms with Crippen LogP contribution in [-0.2, 0) is 0 Å². The van der Waals surface area contributed by atoms with Crippen LogP contribution in [-0.4, -0.2) is 46.2 Å². The van der Waals surface area contributed by atoms with Crippen molar-refractivity contribution in [2.24, 2.45) is 5.10 Å². The Kier molecular flexibility index (Phi) is 4.19. The van der Waals surface area contributed by atoms with Crippen LogP contribution in [0.1, 0.15) is 25.7 Å². The Balaban J connectivity index is 1.77. The summed E-state index contributed by atoms with van der Waals surface area (Å²) in [7, 11) is 0. The number of carbonyl (C=O) groups is 2. The van der Waals surface area contributed by atoms with Crippen LogP contribution in [0, 0.1) is 0 Å². The van der Waals surface area contributed by atoms with E-state index in [9.17, 15) is 9.59 Å². The molecule has 3 aromatic rings. The lowest BCUT2D eigenvalue weighted by atomic mass is 9.93. The largest absolute Gasteiger partial charge is 0.395 e. The quantitative estimate of drug-likeness (QED) is 0.411. The van der Waals surface area contributed by atoms with Crippen molar-refractivity contribution in [3.8, 4) is 0 Å². The molecular weight excluding hydrogens is 352 g/mol. The average molecular weight is 366 g/mol. The minimum atomic E-state index is -0.398. The topological polar surface area (TPSA) is 94.9 Å². The zero-order chi connectivity index (χ0) is 18.1. The van der Waals surface area contributed by atoms with Crippen LogP contribution < -0.4 is 5.43 Å². The van der Waals surface area contributed by atoms with Gasteiger partial charge >= 0.3 is 0 Å². The second-order valence-corrected chi connectivity index (χ2v) is 6.54. The van der Waals surface area contributed by atoms with Gasteiger partial charge in [-0.25, -0.2) is 4.98 Å². The third-order valence-electron chi connectivity index (χ3n) is 4.13. The molecule has 7 nitrogen and oxygen atoms in total. The molecule has 130 valence electrons. The van der Waals surface area contributed by atoms with Crippen LogP contribution >= 0.6 is 11.3 Å². The molecule has 4 rings (SSSR count). The second kappa shape index (κ2) is 6.66. The van der Waals surface area contributed by atoms with Crippen LogP contribution in [0.5, 0.6) is 0 Å². The zero-order valence-electron chi connectivity index (χ0n) is 13.5. The molecular formula is C18H14N4O3S. The molecule has 0 fully saturated rings. The normalized spacial score (nSPS) is 13.8. The van der Waals surface area contributed by atoms with Crippen LogP contribution in [0.15, 0.2) is 47.0 Å². The van der Waals surface area contributed by atoms with E-state index < -0.39 is 11.8 Å². The maximum atomic E-state index is 12.6. The van der Waals surface area contributed by atoms with E-state index in [1.54, 1.807) is 36.7 Å². The molecule has 2 aromatic carbocycles. The van der Waals surface area contributed by atoms with Crippen molar-refractivity contribution in [3.05, 3.63) is 58.0 Å². The number of aromatic nitrogens is 1. The van der Waals surface area contributed by atoms with Gasteiger partial charge in [0, 0.05) is 33.5 Å². The predicted molar refractivity (Wildman–Crippen MR) is 99.7 cm³/mol. The molecule has 0 saturated heterocycles. The maximum Gasteiger partial charge on any atom is 0.261 e. The molecule has 0 spiro atoms. The van der Waals surface area contributed by atoms with E-state index in [4.69, 9.17) is 5.11 Å². The standard InChI is InChI=1S/C18H14N4O3S/c23-8-7-22-17(24)12-3-1-2-11-14(5-4-13(16(11)12)18(22)25)21-20-10-15-19-6-9-26-15/h1-6,9-10,21,23H,7-8H2/b20-10+. The van der Waals surface area contributed by atoms with Gasteiger partial charge in [-0.1, -0.05) is 12.1 Å². The maximum absolute atomic E-state index is 12.6. The fourth-order valence-electron chi connectivity index (χ4n) is 3.00. The number of imide groups is 1. The molecule has 0 unspecified atom stereocenters. The van der Waals surface area contributed by atoms with Crippen LogP contribution in [0.2, 0.25) is 0 Å². The monoisotopic (exact) mass is 366 g/mol. The van der Waals surface area contributed by atoms with Crippen molar-refractivity contribution in [2.75, 3.05) is 18.6 Å². The fraction of sp³-hybridized carbons (Fsp3) is 0.111. The lowest BCUT2D eigenvalue weighted by molar-refractivity contribution is 0.0580. The number of β-amino-alcohol motifs (C(OH)–C–C–N with tert-alkyl or cyclic N) is 1. The van der Waals surface area contributed by atoms with Gasteiger partial charge in [0.15, 0.2) is 0 Å². The molecule has 1 aromatic heterocycles. The Morgan fingerprint density at radius 3 is 2.73 bits per heavy atom. The minimum absolute atomic E-state index is 0.0222. The number of anilines is 1. The van der Waals surface area contributed by atoms with E-state index in [0.29, 0.717) is 22.2 Å². The number of hydrazone groups is 1. The lowest BCUT2D eigenvalue weighted by Gasteiger charge is -2.27. The molecule has 2 N–H and O–H groups in total. The van der Waals surface area contributed by atoms with Gasteiger partial charge in [0.05, 0.1) is 25.1 Å². The van der Waals surface area contributed by atoms with Crippen molar-refractivity contribution in [2.45, 2.75) is 0 Å². The highest BCUT2D eigenvalue weighted by atomic mass is 32.1. The Morgan fingerprint density at radius 1 is 1.19 bits per heavy atom. The first-order chi connectivity index (χ1) is 12.7. The van der Waals surface area contributed by atoms with Gasteiger partial charge < -0.3 is 5.11 Å². The molecule has 0 atom stereocenters. The summed E-state index contributed by atoms with van der Waals surface area (Å²) in [4.78, 5) is 30.4. The first kappa shape index (κ1) is 16.4. The molecule has 2 amide bonds. The number of rotatable bonds is 5. The molecule has 8 heteroatoms. The van der Waals surface area contributed by atoms with Gasteiger partial charge in [-0.2, -0.15) is 5.10 Å². The van der Waals surface area contributed by atoms with Crippen molar-refractivity contribution >= 4 is 45.8 Å². The third kappa shape index (κ3) is 2.65. The summed E-state index contributed by atoms with van der Waals surface area (Å²) in [5.41, 5.74) is 4.53. The Hall–Kier alpha value is -3.10. The van der Waals surface area contributed by atoms with Gasteiger partial charge in [-0.05, 0) is 18.2 Å². The van der Waals surface area contributed by atoms with Crippen LogP contribution in [0.25, 0.3) is 10.8 Å². The van der Waals surface area contributed by atoms with Crippen molar-refractivity contribution < 1.29 is 14.7 Å². The van der Waals surface area contributed by atoms with E-state index in [-0.39, 0.29) is 13.2 Å². The van der Waals surface area contributed by atoms with Crippen molar-refractivity contribution in [3.63, 3.8) is 0 Å². The van der Waals surface area contributed by atoms with Crippen LogP contribution in [0.4, 0.5) is 5.69 Å². The number of thiazole rings is 1. The Bertz CT molecular complexity index is 1010. The SMILES string of the molecule is O=C1c2cccc3c(N/N=C/c4nccs4)ccc(c23)C(=O)N1CCO. The van der Waals surface area contributed by atoms with Crippen molar-refractivity contribution in [1.82, 2.24) is 9.88 Å². The number of aliphatic hydroxyl groups excluding tert-OH is 1. The first-order valence-electron chi connectivity index (χ1n) is 7.92. The summed E-state index contributed by atoms with van der Waals surface area (Å²) in [6.45, 7) is -0.292. The summed E-state index contributed by atoms with van der Waals surface area (Å²) >= 11 is 1.47. The highest BCUT2D eigenvalue weighted by Crippen LogP contribution is 2.34. The van der Waals surface area contributed by atoms with E-state index in [1.165, 1.54) is 11.3 Å². The molecule has 0 aliphatic carbocycles. The average Bonchev–Trinajstić information content (AvgIpc) is 3.17. The molecule has 1 aliphatic rings.